The Kier molecular flexibility index (Phi) is 5.28. The fourth-order valence-electron chi connectivity index (χ4n) is 2.76. The van der Waals surface area contributed by atoms with E-state index in [1.165, 1.54) is 0 Å². The number of nitrogens with zero attached hydrogens (tertiary/aromatic N) is 2. The largest absolute Gasteiger partial charge is 0.496 e. The van der Waals surface area contributed by atoms with Crippen LogP contribution in [0, 0.1) is 11.3 Å². The van der Waals surface area contributed by atoms with Gasteiger partial charge in [-0.1, -0.05) is 24.3 Å². The van der Waals surface area contributed by atoms with Crippen LogP contribution >= 0.6 is 0 Å². The molecule has 0 unspecified atom stereocenters. The number of hydrogen-bond acceptors (Lipinski definition) is 5. The van der Waals surface area contributed by atoms with Crippen molar-refractivity contribution in [3.05, 3.63) is 83.2 Å². The molecule has 0 radical (unpaired) electrons. The standard InChI is InChI=1S/C21H18N2O3/c1-26-20-8-6-16(21(25)17-5-7-18(13-24)23-12-17)10-19(20)15-4-2-3-14(9-15)11-22/h2-10,12,21,24-25H,13H2,1H3/t21-/m1/s1. The number of aliphatic hydroxyl groups excluding tert-OH is 2. The molecule has 3 aromatic rings. The molecule has 130 valence electrons. The molecule has 5 nitrogen and oxygen atoms in total. The second kappa shape index (κ2) is 7.79. The van der Waals surface area contributed by atoms with Crippen molar-refractivity contribution >= 4 is 0 Å². The summed E-state index contributed by atoms with van der Waals surface area (Å²) in [6.45, 7) is -0.141. The van der Waals surface area contributed by atoms with Crippen LogP contribution in [0.5, 0.6) is 5.75 Å². The smallest absolute Gasteiger partial charge is 0.126 e. The average Bonchev–Trinajstić information content (AvgIpc) is 2.72. The summed E-state index contributed by atoms with van der Waals surface area (Å²) in [7, 11) is 1.58. The highest BCUT2D eigenvalue weighted by atomic mass is 16.5. The number of rotatable bonds is 5. The molecule has 0 aliphatic rings. The van der Waals surface area contributed by atoms with E-state index in [-0.39, 0.29) is 6.61 Å². The third-order valence-corrected chi connectivity index (χ3v) is 4.17. The van der Waals surface area contributed by atoms with Crippen molar-refractivity contribution in [2.45, 2.75) is 12.7 Å². The van der Waals surface area contributed by atoms with Crippen molar-refractivity contribution in [2.24, 2.45) is 0 Å². The highest BCUT2D eigenvalue weighted by Crippen LogP contribution is 2.34. The summed E-state index contributed by atoms with van der Waals surface area (Å²) in [6, 6.07) is 18.2. The van der Waals surface area contributed by atoms with Gasteiger partial charge in [0.15, 0.2) is 0 Å². The van der Waals surface area contributed by atoms with Gasteiger partial charge in [-0.05, 0) is 41.5 Å². The van der Waals surface area contributed by atoms with Crippen LogP contribution in [0.2, 0.25) is 0 Å². The Morgan fingerprint density at radius 2 is 1.92 bits per heavy atom. The van der Waals surface area contributed by atoms with E-state index < -0.39 is 6.10 Å². The molecule has 0 bridgehead atoms. The fraction of sp³-hybridized carbons (Fsp3) is 0.143. The van der Waals surface area contributed by atoms with Crippen LogP contribution in [0.1, 0.15) is 28.5 Å². The van der Waals surface area contributed by atoms with Gasteiger partial charge in [0.25, 0.3) is 0 Å². The molecule has 0 aliphatic carbocycles. The van der Waals surface area contributed by atoms with E-state index in [2.05, 4.69) is 11.1 Å². The zero-order valence-corrected chi connectivity index (χ0v) is 14.3. The van der Waals surface area contributed by atoms with Crippen LogP contribution in [0.3, 0.4) is 0 Å². The number of methoxy groups -OCH3 is 1. The summed E-state index contributed by atoms with van der Waals surface area (Å²) in [4.78, 5) is 4.11. The van der Waals surface area contributed by atoms with Crippen molar-refractivity contribution in [2.75, 3.05) is 7.11 Å². The molecule has 3 rings (SSSR count). The van der Waals surface area contributed by atoms with Crippen LogP contribution in [0.4, 0.5) is 0 Å². The zero-order chi connectivity index (χ0) is 18.5. The van der Waals surface area contributed by atoms with Crippen molar-refractivity contribution < 1.29 is 14.9 Å². The molecular formula is C21H18N2O3. The molecular weight excluding hydrogens is 328 g/mol. The van der Waals surface area contributed by atoms with E-state index in [1.54, 1.807) is 49.7 Å². The van der Waals surface area contributed by atoms with E-state index in [1.807, 2.05) is 18.2 Å². The van der Waals surface area contributed by atoms with E-state index in [4.69, 9.17) is 15.1 Å². The van der Waals surface area contributed by atoms with Crippen LogP contribution in [0.15, 0.2) is 60.8 Å². The van der Waals surface area contributed by atoms with Gasteiger partial charge >= 0.3 is 0 Å². The maximum absolute atomic E-state index is 10.7. The lowest BCUT2D eigenvalue weighted by atomic mass is 9.96. The fourth-order valence-corrected chi connectivity index (χ4v) is 2.76. The molecule has 0 amide bonds. The maximum atomic E-state index is 10.7. The topological polar surface area (TPSA) is 86.4 Å². The molecule has 1 atom stereocenters. The van der Waals surface area contributed by atoms with Gasteiger partial charge in [0.2, 0.25) is 0 Å². The van der Waals surface area contributed by atoms with Crippen molar-refractivity contribution in [3.8, 4) is 22.9 Å². The van der Waals surface area contributed by atoms with E-state index in [0.717, 1.165) is 11.1 Å². The average molecular weight is 346 g/mol. The van der Waals surface area contributed by atoms with Crippen molar-refractivity contribution in [1.82, 2.24) is 4.98 Å². The predicted molar refractivity (Wildman–Crippen MR) is 97.4 cm³/mol. The Balaban J connectivity index is 2.02. The molecule has 0 spiro atoms. The summed E-state index contributed by atoms with van der Waals surface area (Å²) >= 11 is 0. The number of nitriles is 1. The number of pyridine rings is 1. The monoisotopic (exact) mass is 346 g/mol. The molecule has 1 heterocycles. The highest BCUT2D eigenvalue weighted by Gasteiger charge is 2.15. The minimum atomic E-state index is -0.862. The molecule has 26 heavy (non-hydrogen) atoms. The van der Waals surface area contributed by atoms with E-state index >= 15 is 0 Å². The van der Waals surface area contributed by atoms with Gasteiger partial charge in [-0.3, -0.25) is 4.98 Å². The summed E-state index contributed by atoms with van der Waals surface area (Å²) in [6.07, 6.45) is 0.690. The Labute approximate surface area is 151 Å². The lowest BCUT2D eigenvalue weighted by Gasteiger charge is -2.15. The Bertz CT molecular complexity index is 946. The second-order valence-electron chi connectivity index (χ2n) is 5.80. The SMILES string of the molecule is COc1ccc([C@@H](O)c2ccc(CO)nc2)cc1-c1cccc(C#N)c1. The summed E-state index contributed by atoms with van der Waals surface area (Å²) in [5.41, 5.74) is 4.04. The third-order valence-electron chi connectivity index (χ3n) is 4.17. The van der Waals surface area contributed by atoms with Gasteiger partial charge in [-0.15, -0.1) is 0 Å². The first kappa shape index (κ1) is 17.6. The molecule has 5 heteroatoms. The molecule has 2 N–H and O–H groups in total. The first-order valence-electron chi connectivity index (χ1n) is 8.08. The van der Waals surface area contributed by atoms with E-state index in [9.17, 15) is 5.11 Å². The van der Waals surface area contributed by atoms with Gasteiger partial charge < -0.3 is 14.9 Å². The predicted octanol–water partition coefficient (Wildman–Crippen LogP) is 3.20. The molecule has 0 aliphatic heterocycles. The molecule has 0 fully saturated rings. The maximum Gasteiger partial charge on any atom is 0.126 e. The Hall–Kier alpha value is -3.20. The van der Waals surface area contributed by atoms with Gasteiger partial charge in [0.1, 0.15) is 11.9 Å². The third kappa shape index (κ3) is 3.57. The summed E-state index contributed by atoms with van der Waals surface area (Å²) in [5.74, 6) is 0.657. The zero-order valence-electron chi connectivity index (χ0n) is 14.3. The first-order chi connectivity index (χ1) is 12.7. The first-order valence-corrected chi connectivity index (χ1v) is 8.08. The summed E-state index contributed by atoms with van der Waals surface area (Å²) in [5, 5.41) is 28.9. The van der Waals surface area contributed by atoms with E-state index in [0.29, 0.717) is 28.1 Å². The van der Waals surface area contributed by atoms with Crippen LogP contribution < -0.4 is 4.74 Å². The number of aliphatic hydroxyl groups is 2. The van der Waals surface area contributed by atoms with Crippen LogP contribution in [-0.2, 0) is 6.61 Å². The van der Waals surface area contributed by atoms with Gasteiger partial charge in [-0.2, -0.15) is 5.26 Å². The quantitative estimate of drug-likeness (QED) is 0.741. The minimum Gasteiger partial charge on any atom is -0.496 e. The van der Waals surface area contributed by atoms with Crippen LogP contribution in [0.25, 0.3) is 11.1 Å². The number of benzene rings is 2. The van der Waals surface area contributed by atoms with Gasteiger partial charge in [0.05, 0.1) is 31.0 Å². The van der Waals surface area contributed by atoms with Crippen molar-refractivity contribution in [3.63, 3.8) is 0 Å². The lowest BCUT2D eigenvalue weighted by Crippen LogP contribution is -2.02. The Morgan fingerprint density at radius 3 is 2.58 bits per heavy atom. The minimum absolute atomic E-state index is 0.141. The molecule has 0 saturated carbocycles. The number of hydrogen-bond donors (Lipinski definition) is 2. The van der Waals surface area contributed by atoms with Gasteiger partial charge in [-0.25, -0.2) is 0 Å². The summed E-state index contributed by atoms with van der Waals surface area (Å²) < 4.78 is 5.44. The highest BCUT2D eigenvalue weighted by molar-refractivity contribution is 5.72. The van der Waals surface area contributed by atoms with Crippen molar-refractivity contribution in [1.29, 1.82) is 5.26 Å². The van der Waals surface area contributed by atoms with Gasteiger partial charge in [0, 0.05) is 17.3 Å². The molecule has 2 aromatic carbocycles. The normalized spacial score (nSPS) is 11.6. The second-order valence-corrected chi connectivity index (χ2v) is 5.80. The Morgan fingerprint density at radius 1 is 1.12 bits per heavy atom. The van der Waals surface area contributed by atoms with Crippen LogP contribution in [-0.4, -0.2) is 22.3 Å². The lowest BCUT2D eigenvalue weighted by molar-refractivity contribution is 0.219. The number of aromatic nitrogens is 1. The number of ether oxygens (including phenoxy) is 1. The molecule has 1 aromatic heterocycles. The molecule has 0 saturated heterocycles.